The van der Waals surface area contributed by atoms with Crippen molar-refractivity contribution in [3.8, 4) is 0 Å². The molecule has 0 atom stereocenters. The van der Waals surface area contributed by atoms with E-state index in [4.69, 9.17) is 0 Å². The Bertz CT molecular complexity index is 2450. The predicted molar refractivity (Wildman–Crippen MR) is 192 cm³/mol. The number of thioether (sulfide) groups is 1. The minimum atomic E-state index is -4.34. The van der Waals surface area contributed by atoms with Gasteiger partial charge in [-0.2, -0.15) is 4.57 Å². The average molecular weight is 766 g/mol. The number of rotatable bonds is 12. The number of aryl methyl sites for hydroxylation is 1. The van der Waals surface area contributed by atoms with Gasteiger partial charge in [0.2, 0.25) is 5.52 Å². The van der Waals surface area contributed by atoms with Crippen molar-refractivity contribution in [1.82, 2.24) is 4.57 Å². The van der Waals surface area contributed by atoms with Crippen molar-refractivity contribution in [3.05, 3.63) is 96.3 Å². The summed E-state index contributed by atoms with van der Waals surface area (Å²) in [5, 5.41) is 3.93. The van der Waals surface area contributed by atoms with Gasteiger partial charge >= 0.3 is 29.6 Å². The molecule has 252 valence electrons. The Labute approximate surface area is 318 Å². The summed E-state index contributed by atoms with van der Waals surface area (Å²) in [7, 11) is -8.63. The van der Waals surface area contributed by atoms with Crippen molar-refractivity contribution in [2.45, 2.75) is 44.2 Å². The quantitative estimate of drug-likeness (QED) is 0.0785. The van der Waals surface area contributed by atoms with E-state index in [0.717, 1.165) is 46.3 Å². The third-order valence-corrected chi connectivity index (χ3v) is 12.9. The molecule has 0 amide bonds. The van der Waals surface area contributed by atoms with Crippen molar-refractivity contribution in [2.75, 3.05) is 23.0 Å². The summed E-state index contributed by atoms with van der Waals surface area (Å²) in [4.78, 5) is 16.8. The van der Waals surface area contributed by atoms with Crippen LogP contribution in [0, 0.1) is 0 Å². The van der Waals surface area contributed by atoms with E-state index in [2.05, 4.69) is 23.1 Å². The molecule has 3 aromatic carbocycles. The number of benzene rings is 3. The second-order valence-electron chi connectivity index (χ2n) is 11.2. The topological polar surface area (TPSA) is 144 Å². The molecule has 2 aromatic heterocycles. The molecule has 0 N–H and O–H groups in total. The van der Waals surface area contributed by atoms with Gasteiger partial charge in [0, 0.05) is 42.0 Å². The molecule has 0 bridgehead atoms. The summed E-state index contributed by atoms with van der Waals surface area (Å²) in [5.74, 6) is -0.866. The number of anilines is 1. The molecule has 6 rings (SSSR count). The van der Waals surface area contributed by atoms with Crippen LogP contribution in [0.4, 0.5) is 5.69 Å². The summed E-state index contributed by atoms with van der Waals surface area (Å²) >= 11 is 4.48. The standard InChI is InChI=1S/C33H33N3O7S5.Na/c1-2-34-30(22-31-35(19-9-21-48(41,42)43)25-12-5-6-13-27(25)44-31)45-28(33(34)37)16-17-29-36(18-7-8-20-47(38,39)40)26-15-14-23-10-3-4-11-24(23)32(26)46-29;/h3-6,10-17,22H,2,7-9,18-21H2,1H3,(H-,38,39,40,41,42,43);/q;+1/p-1. The fourth-order valence-electron chi connectivity index (χ4n) is 5.73. The molecule has 49 heavy (non-hydrogen) atoms. The van der Waals surface area contributed by atoms with Crippen molar-refractivity contribution in [2.24, 2.45) is 0 Å². The normalized spacial score (nSPS) is 15.1. The molecule has 0 radical (unpaired) electrons. The molecular weight excluding hydrogens is 734 g/mol. The van der Waals surface area contributed by atoms with Crippen molar-refractivity contribution in [1.29, 1.82) is 0 Å². The third-order valence-electron chi connectivity index (χ3n) is 7.94. The van der Waals surface area contributed by atoms with E-state index in [1.165, 1.54) is 22.7 Å². The summed E-state index contributed by atoms with van der Waals surface area (Å²) in [6.07, 6.45) is 6.61. The first-order chi connectivity index (χ1) is 22.9. The van der Waals surface area contributed by atoms with Gasteiger partial charge in [-0.05, 0) is 54.8 Å². The molecule has 1 aliphatic heterocycles. The Hall–Kier alpha value is -2.31. The molecule has 0 unspecified atom stereocenters. The number of fused-ring (bicyclic) bond motifs is 4. The summed E-state index contributed by atoms with van der Waals surface area (Å²) in [6.45, 7) is 3.21. The molecule has 10 nitrogen and oxygen atoms in total. The van der Waals surface area contributed by atoms with Crippen LogP contribution in [0.25, 0.3) is 33.1 Å². The van der Waals surface area contributed by atoms with E-state index < -0.39 is 31.7 Å². The number of hydrogen-bond donors (Lipinski definition) is 0. The monoisotopic (exact) mass is 765 g/mol. The SMILES string of the molecule is CCn1c(=Cc2sc3ccccc3[n+]2CCCS(=O)(=O)[O-])sc(=CC=C2Sc3c(ccc4ccccc34)N2CCCCS(=O)(=O)[O-])c1=O.[Na+]. The fraction of sp³-hybridized carbons (Fsp3) is 0.273. The van der Waals surface area contributed by atoms with Crippen molar-refractivity contribution >= 4 is 93.5 Å². The number of hydrogen-bond acceptors (Lipinski definition) is 11. The molecule has 5 aromatic rings. The molecule has 0 fully saturated rings. The van der Waals surface area contributed by atoms with Crippen LogP contribution in [0.2, 0.25) is 0 Å². The molecule has 16 heteroatoms. The van der Waals surface area contributed by atoms with Gasteiger partial charge in [0.1, 0.15) is 9.36 Å². The fourth-order valence-corrected chi connectivity index (χ4v) is 10.2. The van der Waals surface area contributed by atoms with E-state index in [0.29, 0.717) is 30.6 Å². The van der Waals surface area contributed by atoms with E-state index >= 15 is 0 Å². The zero-order valence-corrected chi connectivity index (χ0v) is 33.0. The second-order valence-corrected chi connectivity index (χ2v) is 17.4. The maximum atomic E-state index is 13.6. The van der Waals surface area contributed by atoms with Gasteiger partial charge in [-0.1, -0.05) is 65.6 Å². The van der Waals surface area contributed by atoms with Crippen LogP contribution >= 0.6 is 34.4 Å². The predicted octanol–water partition coefficient (Wildman–Crippen LogP) is 0.913. The average Bonchev–Trinajstić information content (AvgIpc) is 3.67. The second kappa shape index (κ2) is 15.9. The Morgan fingerprint density at radius 3 is 2.33 bits per heavy atom. The zero-order valence-electron chi connectivity index (χ0n) is 26.9. The van der Waals surface area contributed by atoms with Gasteiger partial charge in [0.15, 0.2) is 6.54 Å². The molecule has 0 saturated carbocycles. The maximum absolute atomic E-state index is 13.6. The molecular formula is C33H32N3NaO7S5. The number of nitrogens with zero attached hydrogens (tertiary/aromatic N) is 3. The van der Waals surface area contributed by atoms with Crippen LogP contribution in [0.1, 0.15) is 31.2 Å². The summed E-state index contributed by atoms with van der Waals surface area (Å²) < 4.78 is 73.4. The van der Waals surface area contributed by atoms with Crippen LogP contribution in [-0.4, -0.2) is 48.6 Å². The molecule has 0 spiro atoms. The Morgan fingerprint density at radius 1 is 0.857 bits per heavy atom. The molecule has 0 saturated heterocycles. The van der Waals surface area contributed by atoms with Gasteiger partial charge in [0.25, 0.3) is 10.6 Å². The van der Waals surface area contributed by atoms with Crippen LogP contribution in [-0.2, 0) is 33.3 Å². The van der Waals surface area contributed by atoms with E-state index in [9.17, 15) is 30.7 Å². The van der Waals surface area contributed by atoms with Gasteiger partial charge in [-0.15, -0.1) is 11.3 Å². The van der Waals surface area contributed by atoms with Crippen LogP contribution in [0.3, 0.4) is 0 Å². The van der Waals surface area contributed by atoms with E-state index in [1.807, 2.05) is 72.2 Å². The van der Waals surface area contributed by atoms with E-state index in [1.54, 1.807) is 16.3 Å². The van der Waals surface area contributed by atoms with Crippen molar-refractivity contribution < 1.29 is 60.1 Å². The van der Waals surface area contributed by atoms with Gasteiger partial charge in [-0.25, -0.2) is 16.8 Å². The molecule has 1 aliphatic rings. The number of aromatic nitrogens is 2. The first-order valence-corrected chi connectivity index (χ1v) is 20.9. The molecule has 0 aliphatic carbocycles. The van der Waals surface area contributed by atoms with Gasteiger partial charge < -0.3 is 14.0 Å². The number of unbranched alkanes of at least 4 members (excludes halogenated alkanes) is 1. The Kier molecular flexibility index (Phi) is 12.3. The number of para-hydroxylation sites is 1. The first-order valence-electron chi connectivity index (χ1n) is 15.3. The summed E-state index contributed by atoms with van der Waals surface area (Å²) in [6, 6.07) is 20.0. The Balaban J connectivity index is 0.00000468. The van der Waals surface area contributed by atoms with Gasteiger partial charge in [-0.3, -0.25) is 9.36 Å². The minimum Gasteiger partial charge on any atom is -0.748 e. The minimum absolute atomic E-state index is 0. The Morgan fingerprint density at radius 2 is 1.57 bits per heavy atom. The summed E-state index contributed by atoms with van der Waals surface area (Å²) in [5.41, 5.74) is 1.79. The molecule has 3 heterocycles. The van der Waals surface area contributed by atoms with Crippen LogP contribution < -0.4 is 53.8 Å². The van der Waals surface area contributed by atoms with Gasteiger partial charge in [0.05, 0.1) is 41.6 Å². The van der Waals surface area contributed by atoms with Crippen LogP contribution in [0.15, 0.2) is 81.5 Å². The van der Waals surface area contributed by atoms with Crippen LogP contribution in [0.5, 0.6) is 0 Å². The largest absolute Gasteiger partial charge is 1.00 e. The van der Waals surface area contributed by atoms with E-state index in [-0.39, 0.29) is 48.0 Å². The smallest absolute Gasteiger partial charge is 0.748 e. The number of allylic oxidation sites excluding steroid dienone is 1. The number of thiazole rings is 2. The first kappa shape index (κ1) is 37.9. The third kappa shape index (κ3) is 8.95. The van der Waals surface area contributed by atoms with Crippen molar-refractivity contribution in [3.63, 3.8) is 0 Å². The maximum Gasteiger partial charge on any atom is 1.00 e. The zero-order chi connectivity index (χ0) is 34.1.